The first-order valence-corrected chi connectivity index (χ1v) is 2.05. The molecule has 1 aliphatic rings. The van der Waals surface area contributed by atoms with E-state index in [-0.39, 0.29) is 0 Å². The molecular formula is C5H6O. The molecule has 0 aromatic carbocycles. The van der Waals surface area contributed by atoms with Crippen LogP contribution in [0.4, 0.5) is 0 Å². The molecule has 1 heteroatoms. The summed E-state index contributed by atoms with van der Waals surface area (Å²) in [6.45, 7) is 3.36. The summed E-state index contributed by atoms with van der Waals surface area (Å²) in [6.07, 6.45) is 4.93. The van der Waals surface area contributed by atoms with Crippen molar-refractivity contribution in [2.75, 3.05) is 6.61 Å². The molecule has 1 saturated heterocycles. The van der Waals surface area contributed by atoms with Crippen LogP contribution in [0.25, 0.3) is 0 Å². The minimum atomic E-state index is 0.639. The minimum Gasteiger partial charge on any atom is -0.368 e. The zero-order chi connectivity index (χ0) is 4.24. The van der Waals surface area contributed by atoms with Crippen LogP contribution >= 0.6 is 0 Å². The molecular weight excluding hydrogens is 76.1 g/mol. The Morgan fingerprint density at radius 2 is 2.33 bits per heavy atom. The second-order valence-electron chi connectivity index (χ2n) is 1.18. The molecule has 1 rings (SSSR count). The van der Waals surface area contributed by atoms with E-state index in [1.54, 1.807) is 0 Å². The van der Waals surface area contributed by atoms with E-state index < -0.39 is 0 Å². The largest absolute Gasteiger partial charge is 0.368 e. The van der Waals surface area contributed by atoms with Gasteiger partial charge in [0, 0.05) is 6.42 Å². The van der Waals surface area contributed by atoms with Gasteiger partial charge in [0.2, 0.25) is 0 Å². The Hall–Kier alpha value is -0.0400. The zero-order valence-corrected chi connectivity index (χ0v) is 3.53. The second-order valence-corrected chi connectivity index (χ2v) is 1.18. The molecule has 0 amide bonds. The highest BCUT2D eigenvalue weighted by atomic mass is 16.5. The summed E-state index contributed by atoms with van der Waals surface area (Å²) in [5, 5.41) is 0. The average Bonchev–Trinajstić information content (AvgIpc) is 1.72. The van der Waals surface area contributed by atoms with Gasteiger partial charge in [0.15, 0.2) is 0 Å². The van der Waals surface area contributed by atoms with Crippen LogP contribution in [0.3, 0.4) is 0 Å². The SMILES string of the molecule is [C]1CC[C]OC1. The normalized spacial score (nSPS) is 24.0. The van der Waals surface area contributed by atoms with Crippen molar-refractivity contribution in [3.63, 3.8) is 0 Å². The van der Waals surface area contributed by atoms with Crippen molar-refractivity contribution in [1.82, 2.24) is 0 Å². The van der Waals surface area contributed by atoms with E-state index in [9.17, 15) is 0 Å². The van der Waals surface area contributed by atoms with Gasteiger partial charge < -0.3 is 4.74 Å². The Labute approximate surface area is 38.3 Å². The van der Waals surface area contributed by atoms with E-state index in [1.165, 1.54) is 0 Å². The molecule has 0 saturated carbocycles. The maximum atomic E-state index is 4.71. The van der Waals surface area contributed by atoms with Crippen LogP contribution in [0.5, 0.6) is 0 Å². The lowest BCUT2D eigenvalue weighted by Gasteiger charge is -2.05. The third-order valence-corrected chi connectivity index (χ3v) is 0.680. The van der Waals surface area contributed by atoms with Crippen LogP contribution in [-0.2, 0) is 4.74 Å². The van der Waals surface area contributed by atoms with Crippen LogP contribution in [0.15, 0.2) is 0 Å². The summed E-state index contributed by atoms with van der Waals surface area (Å²) in [5.74, 6) is 0. The number of ether oxygens (including phenoxy) is 1. The van der Waals surface area contributed by atoms with Crippen LogP contribution in [-0.4, -0.2) is 6.61 Å². The van der Waals surface area contributed by atoms with Crippen molar-refractivity contribution in [3.8, 4) is 0 Å². The van der Waals surface area contributed by atoms with Crippen molar-refractivity contribution in [1.29, 1.82) is 0 Å². The minimum absolute atomic E-state index is 0.639. The van der Waals surface area contributed by atoms with Gasteiger partial charge >= 0.3 is 0 Å². The predicted octanol–water partition coefficient (Wildman–Crippen LogP) is 0.917. The molecule has 32 valence electrons. The third kappa shape index (κ3) is 0.977. The highest BCUT2D eigenvalue weighted by Gasteiger charge is 1.97. The molecule has 1 fully saturated rings. The third-order valence-electron chi connectivity index (χ3n) is 0.680. The molecule has 1 aliphatic heterocycles. The van der Waals surface area contributed by atoms with E-state index in [2.05, 4.69) is 13.0 Å². The molecule has 1 heterocycles. The topological polar surface area (TPSA) is 9.23 Å². The van der Waals surface area contributed by atoms with Gasteiger partial charge in [-0.1, -0.05) is 0 Å². The second kappa shape index (κ2) is 2.19. The number of hydrogen-bond acceptors (Lipinski definition) is 1. The Kier molecular flexibility index (Phi) is 1.51. The first-order valence-electron chi connectivity index (χ1n) is 2.05. The first kappa shape index (κ1) is 4.13. The van der Waals surface area contributed by atoms with Crippen LogP contribution in [0, 0.1) is 13.0 Å². The fourth-order valence-corrected chi connectivity index (χ4v) is 0.386. The number of rotatable bonds is 0. The van der Waals surface area contributed by atoms with Gasteiger partial charge in [-0.25, -0.2) is 0 Å². The highest BCUT2D eigenvalue weighted by Crippen LogP contribution is 2.05. The molecule has 0 spiro atoms. The van der Waals surface area contributed by atoms with E-state index in [1.807, 2.05) is 0 Å². The predicted molar refractivity (Wildman–Crippen MR) is 21.7 cm³/mol. The van der Waals surface area contributed by atoms with Gasteiger partial charge in [0.1, 0.15) is 6.61 Å². The van der Waals surface area contributed by atoms with Crippen molar-refractivity contribution in [2.45, 2.75) is 12.8 Å². The molecule has 4 radical (unpaired) electrons. The molecule has 0 aliphatic carbocycles. The molecule has 0 N–H and O–H groups in total. The summed E-state index contributed by atoms with van der Waals surface area (Å²) in [6, 6.07) is 0. The fourth-order valence-electron chi connectivity index (χ4n) is 0.386. The Morgan fingerprint density at radius 3 is 2.50 bits per heavy atom. The summed E-state index contributed by atoms with van der Waals surface area (Å²) in [5.41, 5.74) is 0. The molecule has 0 bridgehead atoms. The van der Waals surface area contributed by atoms with Gasteiger partial charge in [-0.15, -0.1) is 0 Å². The van der Waals surface area contributed by atoms with E-state index in [0.29, 0.717) is 6.61 Å². The van der Waals surface area contributed by atoms with Gasteiger partial charge in [-0.3, -0.25) is 0 Å². The standard InChI is InChI=1S/C5H6O/c1-2-4-6-5-3-1/h1-2,5H2. The van der Waals surface area contributed by atoms with Crippen LogP contribution < -0.4 is 0 Å². The van der Waals surface area contributed by atoms with E-state index in [4.69, 9.17) is 4.74 Å². The molecule has 0 unspecified atom stereocenters. The summed E-state index contributed by atoms with van der Waals surface area (Å²) >= 11 is 0. The smallest absolute Gasteiger partial charge is 0.132 e. The van der Waals surface area contributed by atoms with E-state index in [0.717, 1.165) is 12.8 Å². The van der Waals surface area contributed by atoms with Crippen molar-refractivity contribution < 1.29 is 4.74 Å². The Morgan fingerprint density at radius 1 is 1.33 bits per heavy atom. The van der Waals surface area contributed by atoms with E-state index >= 15 is 0 Å². The number of hydrogen-bond donors (Lipinski definition) is 0. The van der Waals surface area contributed by atoms with Gasteiger partial charge in [-0.2, -0.15) is 0 Å². The monoisotopic (exact) mass is 82.0 g/mol. The molecule has 1 nitrogen and oxygen atoms in total. The lowest BCUT2D eigenvalue weighted by molar-refractivity contribution is 0.190. The summed E-state index contributed by atoms with van der Waals surface area (Å²) < 4.78 is 4.71. The molecule has 0 aromatic rings. The Bertz CT molecular complexity index is 19.4. The van der Waals surface area contributed by atoms with Crippen LogP contribution in [0.1, 0.15) is 12.8 Å². The Balaban J connectivity index is 2.00. The lowest BCUT2D eigenvalue weighted by atomic mass is 10.2. The van der Waals surface area contributed by atoms with Crippen molar-refractivity contribution in [2.24, 2.45) is 0 Å². The fraction of sp³-hybridized carbons (Fsp3) is 0.600. The quantitative estimate of drug-likeness (QED) is 0.422. The van der Waals surface area contributed by atoms with Crippen molar-refractivity contribution in [3.05, 3.63) is 13.0 Å². The molecule has 6 heavy (non-hydrogen) atoms. The van der Waals surface area contributed by atoms with Crippen LogP contribution in [0.2, 0.25) is 0 Å². The molecule has 0 atom stereocenters. The first-order chi connectivity index (χ1) is 3.00. The summed E-state index contributed by atoms with van der Waals surface area (Å²) in [7, 11) is 0. The van der Waals surface area contributed by atoms with Gasteiger partial charge in [-0.05, 0) is 12.8 Å². The average molecular weight is 82.1 g/mol. The highest BCUT2D eigenvalue weighted by molar-refractivity contribution is 4.72. The van der Waals surface area contributed by atoms with Gasteiger partial charge in [0.25, 0.3) is 0 Å². The zero-order valence-electron chi connectivity index (χ0n) is 3.53. The lowest BCUT2D eigenvalue weighted by Crippen LogP contribution is -1.98. The van der Waals surface area contributed by atoms with Crippen molar-refractivity contribution >= 4 is 0 Å². The maximum Gasteiger partial charge on any atom is 0.132 e. The molecule has 0 aromatic heterocycles. The summed E-state index contributed by atoms with van der Waals surface area (Å²) in [4.78, 5) is 0. The maximum absolute atomic E-state index is 4.71. The van der Waals surface area contributed by atoms with Gasteiger partial charge in [0.05, 0.1) is 6.61 Å².